The number of pyridine rings is 1. The lowest BCUT2D eigenvalue weighted by Gasteiger charge is -2.38. The van der Waals surface area contributed by atoms with Crippen molar-refractivity contribution in [3.05, 3.63) is 35.0 Å². The summed E-state index contributed by atoms with van der Waals surface area (Å²) in [5, 5.41) is 1.15. The maximum atomic E-state index is 6.46. The molecule has 1 aromatic carbocycles. The highest BCUT2D eigenvalue weighted by molar-refractivity contribution is 5.93. The van der Waals surface area contributed by atoms with Crippen molar-refractivity contribution >= 4 is 16.6 Å². The van der Waals surface area contributed by atoms with Crippen molar-refractivity contribution in [2.24, 2.45) is 0 Å². The Labute approximate surface area is 107 Å². The molecule has 0 unspecified atom stereocenters. The molecular weight excluding hydrogens is 220 g/mol. The average Bonchev–Trinajstić information content (AvgIpc) is 2.41. The lowest BCUT2D eigenvalue weighted by Crippen LogP contribution is -2.24. The molecule has 2 N–H and O–H groups in total. The van der Waals surface area contributed by atoms with Crippen molar-refractivity contribution in [2.45, 2.75) is 44.4 Å². The van der Waals surface area contributed by atoms with Gasteiger partial charge in [0.1, 0.15) is 0 Å². The number of fused-ring (bicyclic) bond motifs is 3. The van der Waals surface area contributed by atoms with Crippen LogP contribution in [0, 0.1) is 6.92 Å². The second-order valence-corrected chi connectivity index (χ2v) is 5.89. The molecule has 0 spiro atoms. The van der Waals surface area contributed by atoms with E-state index >= 15 is 0 Å². The third-order valence-electron chi connectivity index (χ3n) is 4.77. The Morgan fingerprint density at radius 3 is 2.61 bits per heavy atom. The van der Waals surface area contributed by atoms with Crippen molar-refractivity contribution in [1.82, 2.24) is 4.98 Å². The van der Waals surface area contributed by atoms with Crippen molar-refractivity contribution in [1.29, 1.82) is 0 Å². The van der Waals surface area contributed by atoms with Gasteiger partial charge in [0.15, 0.2) is 0 Å². The van der Waals surface area contributed by atoms with Gasteiger partial charge in [-0.3, -0.25) is 4.98 Å². The van der Waals surface area contributed by atoms with Crippen LogP contribution in [0.25, 0.3) is 10.9 Å². The lowest BCUT2D eigenvalue weighted by molar-refractivity contribution is 0.353. The third-order valence-corrected chi connectivity index (χ3v) is 4.77. The number of nitrogens with zero attached hydrogens (tertiary/aromatic N) is 1. The minimum Gasteiger partial charge on any atom is -0.398 e. The molecule has 1 heterocycles. The first-order chi connectivity index (χ1) is 8.74. The van der Waals surface area contributed by atoms with Crippen molar-refractivity contribution in [3.63, 3.8) is 0 Å². The number of benzene rings is 1. The van der Waals surface area contributed by atoms with Gasteiger partial charge >= 0.3 is 0 Å². The Balaban J connectivity index is 2.08. The van der Waals surface area contributed by atoms with E-state index in [2.05, 4.69) is 25.1 Å². The van der Waals surface area contributed by atoms with Crippen LogP contribution in [-0.4, -0.2) is 4.98 Å². The first-order valence-corrected chi connectivity index (χ1v) is 6.93. The summed E-state index contributed by atoms with van der Waals surface area (Å²) >= 11 is 0. The van der Waals surface area contributed by atoms with Crippen molar-refractivity contribution in [2.75, 3.05) is 5.73 Å². The van der Waals surface area contributed by atoms with Gasteiger partial charge in [0.2, 0.25) is 0 Å². The molecule has 18 heavy (non-hydrogen) atoms. The van der Waals surface area contributed by atoms with E-state index in [0.29, 0.717) is 11.8 Å². The average molecular weight is 238 g/mol. The molecule has 1 aromatic heterocycles. The fraction of sp³-hybridized carbons (Fsp3) is 0.438. The zero-order valence-electron chi connectivity index (χ0n) is 10.7. The zero-order valence-corrected chi connectivity index (χ0v) is 10.7. The number of nitrogens with two attached hydrogens (primary N) is 1. The van der Waals surface area contributed by atoms with Gasteiger partial charge in [0, 0.05) is 28.2 Å². The summed E-state index contributed by atoms with van der Waals surface area (Å²) in [7, 11) is 0. The van der Waals surface area contributed by atoms with Crippen LogP contribution in [0.3, 0.4) is 0 Å². The molecule has 2 nitrogen and oxygen atoms in total. The first-order valence-electron chi connectivity index (χ1n) is 6.93. The van der Waals surface area contributed by atoms with Gasteiger partial charge < -0.3 is 5.73 Å². The van der Waals surface area contributed by atoms with E-state index in [4.69, 9.17) is 10.7 Å². The number of aryl methyl sites for hydroxylation is 1. The number of anilines is 1. The van der Waals surface area contributed by atoms with E-state index in [9.17, 15) is 0 Å². The molecule has 2 heteroatoms. The fourth-order valence-electron chi connectivity index (χ4n) is 3.83. The summed E-state index contributed by atoms with van der Waals surface area (Å²) in [6.45, 7) is 2.12. The predicted octanol–water partition coefficient (Wildman–Crippen LogP) is 3.88. The molecule has 92 valence electrons. The van der Waals surface area contributed by atoms with E-state index < -0.39 is 0 Å². The third kappa shape index (κ3) is 1.26. The number of hydrogen-bond acceptors (Lipinski definition) is 2. The van der Waals surface area contributed by atoms with Crippen molar-refractivity contribution < 1.29 is 0 Å². The summed E-state index contributed by atoms with van der Waals surface area (Å²) in [5.41, 5.74) is 12.5. The summed E-state index contributed by atoms with van der Waals surface area (Å²) in [6, 6.07) is 6.42. The second-order valence-electron chi connectivity index (χ2n) is 5.89. The molecule has 0 amide bonds. The molecule has 0 aliphatic heterocycles. The largest absolute Gasteiger partial charge is 0.398 e. The minimum absolute atomic E-state index is 0.665. The minimum atomic E-state index is 0.665. The fourth-order valence-corrected chi connectivity index (χ4v) is 3.83. The maximum absolute atomic E-state index is 6.46. The van der Waals surface area contributed by atoms with Gasteiger partial charge in [-0.2, -0.15) is 0 Å². The van der Waals surface area contributed by atoms with Crippen molar-refractivity contribution in [3.8, 4) is 0 Å². The number of nitrogen functional groups attached to an aromatic ring is 1. The molecule has 3 aliphatic rings. The van der Waals surface area contributed by atoms with Gasteiger partial charge in [-0.15, -0.1) is 0 Å². The lowest BCUT2D eigenvalue weighted by atomic mass is 9.68. The molecule has 2 aromatic rings. The Morgan fingerprint density at radius 2 is 1.83 bits per heavy atom. The summed E-state index contributed by atoms with van der Waals surface area (Å²) in [4.78, 5) is 4.92. The highest BCUT2D eigenvalue weighted by atomic mass is 14.8. The Morgan fingerprint density at radius 1 is 1.11 bits per heavy atom. The Bertz CT molecular complexity index is 637. The molecular formula is C16H18N2. The van der Waals surface area contributed by atoms with Gasteiger partial charge in [-0.05, 0) is 50.7 Å². The molecule has 0 saturated heterocycles. The van der Waals surface area contributed by atoms with Crippen LogP contribution in [0.15, 0.2) is 18.2 Å². The molecule has 3 aliphatic carbocycles. The summed E-state index contributed by atoms with van der Waals surface area (Å²) < 4.78 is 0. The quantitative estimate of drug-likeness (QED) is 0.756. The van der Waals surface area contributed by atoms with Crippen LogP contribution in [0.2, 0.25) is 0 Å². The van der Waals surface area contributed by atoms with Crippen LogP contribution in [-0.2, 0) is 0 Å². The number of hydrogen-bond donors (Lipinski definition) is 1. The Kier molecular flexibility index (Phi) is 2.00. The topological polar surface area (TPSA) is 38.9 Å². The molecule has 0 radical (unpaired) electrons. The van der Waals surface area contributed by atoms with E-state index in [-0.39, 0.29) is 0 Å². The molecule has 2 bridgehead atoms. The zero-order chi connectivity index (χ0) is 12.3. The van der Waals surface area contributed by atoms with Crippen LogP contribution in [0.1, 0.15) is 54.3 Å². The van der Waals surface area contributed by atoms with Gasteiger partial charge in [-0.25, -0.2) is 0 Å². The second kappa shape index (κ2) is 3.47. The van der Waals surface area contributed by atoms with Crippen LogP contribution >= 0.6 is 0 Å². The summed E-state index contributed by atoms with van der Waals surface area (Å²) in [6.07, 6.45) is 5.23. The SMILES string of the molecule is Cc1ccc2nc3c(c(N)c2c1)C1CCC3CC1. The van der Waals surface area contributed by atoms with Crippen LogP contribution in [0.5, 0.6) is 0 Å². The van der Waals surface area contributed by atoms with Gasteiger partial charge in [-0.1, -0.05) is 11.6 Å². The molecule has 1 fully saturated rings. The molecule has 0 atom stereocenters. The summed E-state index contributed by atoms with van der Waals surface area (Å²) in [5.74, 6) is 1.33. The highest BCUT2D eigenvalue weighted by Crippen LogP contribution is 2.51. The monoisotopic (exact) mass is 238 g/mol. The van der Waals surface area contributed by atoms with E-state index in [0.717, 1.165) is 16.6 Å². The van der Waals surface area contributed by atoms with E-state index in [1.54, 1.807) is 0 Å². The van der Waals surface area contributed by atoms with Gasteiger partial charge in [0.25, 0.3) is 0 Å². The number of rotatable bonds is 0. The van der Waals surface area contributed by atoms with Crippen LogP contribution in [0.4, 0.5) is 5.69 Å². The maximum Gasteiger partial charge on any atom is 0.0726 e. The molecule has 5 rings (SSSR count). The smallest absolute Gasteiger partial charge is 0.0726 e. The normalized spacial score (nSPS) is 25.4. The molecule has 1 saturated carbocycles. The van der Waals surface area contributed by atoms with E-state index in [1.807, 2.05) is 0 Å². The Hall–Kier alpha value is -1.57. The number of aromatic nitrogens is 1. The predicted molar refractivity (Wildman–Crippen MR) is 74.8 cm³/mol. The van der Waals surface area contributed by atoms with Crippen LogP contribution < -0.4 is 5.73 Å². The highest BCUT2D eigenvalue weighted by Gasteiger charge is 2.36. The van der Waals surface area contributed by atoms with Gasteiger partial charge in [0.05, 0.1) is 5.52 Å². The standard InChI is InChI=1S/C16H18N2/c1-9-2-7-13-12(8-9)15(17)14-10-3-5-11(6-4-10)16(14)18-13/h2,7-8,10-11H,3-6H2,1H3,(H2,17,18). The van der Waals surface area contributed by atoms with E-state index in [1.165, 1.54) is 42.5 Å². The first kappa shape index (κ1) is 10.4.